The Balaban J connectivity index is 2.05. The Bertz CT molecular complexity index is 337. The molecule has 0 saturated carbocycles. The lowest BCUT2D eigenvalue weighted by atomic mass is 10.1. The Labute approximate surface area is 99.5 Å². The van der Waals surface area contributed by atoms with Crippen LogP contribution in [0.5, 0.6) is 0 Å². The van der Waals surface area contributed by atoms with E-state index >= 15 is 0 Å². The second-order valence-electron chi connectivity index (χ2n) is 3.68. The lowest BCUT2D eigenvalue weighted by Crippen LogP contribution is -2.30. The van der Waals surface area contributed by atoms with E-state index in [1.807, 2.05) is 6.07 Å². The summed E-state index contributed by atoms with van der Waals surface area (Å²) in [6.07, 6.45) is 2.21. The minimum absolute atomic E-state index is 0.342. The number of benzene rings is 1. The zero-order chi connectivity index (χ0) is 10.7. The molecule has 1 aromatic carbocycles. The molecule has 0 amide bonds. The van der Waals surface area contributed by atoms with Gasteiger partial charge in [-0.25, -0.2) is 0 Å². The minimum Gasteiger partial charge on any atom is -0.379 e. The quantitative estimate of drug-likeness (QED) is 0.861. The summed E-state index contributed by atoms with van der Waals surface area (Å²) in [6.45, 7) is 1.60. The highest BCUT2D eigenvalue weighted by Gasteiger charge is 2.14. The van der Waals surface area contributed by atoms with Gasteiger partial charge in [-0.2, -0.15) is 0 Å². The summed E-state index contributed by atoms with van der Waals surface area (Å²) < 4.78 is 5.39. The maximum absolute atomic E-state index is 6.05. The van der Waals surface area contributed by atoms with Crippen LogP contribution in [0, 0.1) is 0 Å². The molecule has 1 saturated heterocycles. The number of nitrogens with one attached hydrogen (secondary N) is 1. The maximum Gasteiger partial charge on any atom is 0.0667 e. The van der Waals surface area contributed by atoms with E-state index < -0.39 is 0 Å². The number of ether oxygens (including phenoxy) is 1. The minimum atomic E-state index is 0.342. The molecular weight excluding hydrogens is 233 g/mol. The first-order valence-electron chi connectivity index (χ1n) is 5.05. The third-order valence-corrected chi connectivity index (χ3v) is 3.01. The molecule has 1 heterocycles. The third-order valence-electron chi connectivity index (χ3n) is 2.45. The molecule has 4 heteroatoms. The molecule has 1 unspecified atom stereocenters. The van der Waals surface area contributed by atoms with Crippen molar-refractivity contribution in [1.29, 1.82) is 0 Å². The summed E-state index contributed by atoms with van der Waals surface area (Å²) in [6, 6.07) is 5.77. The molecule has 1 atom stereocenters. The van der Waals surface area contributed by atoms with E-state index in [0.29, 0.717) is 16.1 Å². The fourth-order valence-electron chi connectivity index (χ4n) is 1.68. The molecule has 15 heavy (non-hydrogen) atoms. The molecule has 0 aromatic heterocycles. The van der Waals surface area contributed by atoms with Crippen LogP contribution in [0.3, 0.4) is 0 Å². The van der Waals surface area contributed by atoms with E-state index in [2.05, 4.69) is 5.32 Å². The molecule has 82 valence electrons. The van der Waals surface area contributed by atoms with Crippen molar-refractivity contribution in [3.8, 4) is 0 Å². The van der Waals surface area contributed by atoms with Crippen LogP contribution in [-0.2, 0) is 4.74 Å². The Morgan fingerprint density at radius 3 is 2.93 bits per heavy atom. The highest BCUT2D eigenvalue weighted by atomic mass is 35.5. The van der Waals surface area contributed by atoms with Gasteiger partial charge < -0.3 is 10.1 Å². The SMILES string of the molecule is Clc1ccc(Cl)c(NC2CCCOC2)c1. The van der Waals surface area contributed by atoms with Gasteiger partial charge in [0.25, 0.3) is 0 Å². The van der Waals surface area contributed by atoms with Crippen LogP contribution in [-0.4, -0.2) is 19.3 Å². The van der Waals surface area contributed by atoms with Gasteiger partial charge in [0.15, 0.2) is 0 Å². The third kappa shape index (κ3) is 3.00. The first-order chi connectivity index (χ1) is 7.25. The number of hydrogen-bond donors (Lipinski definition) is 1. The van der Waals surface area contributed by atoms with Crippen molar-refractivity contribution in [3.05, 3.63) is 28.2 Å². The van der Waals surface area contributed by atoms with E-state index in [9.17, 15) is 0 Å². The summed E-state index contributed by atoms with van der Waals surface area (Å²) in [7, 11) is 0. The molecule has 1 aromatic rings. The van der Waals surface area contributed by atoms with Crippen LogP contribution in [0.2, 0.25) is 10.0 Å². The average molecular weight is 246 g/mol. The van der Waals surface area contributed by atoms with E-state index in [-0.39, 0.29) is 0 Å². The van der Waals surface area contributed by atoms with Gasteiger partial charge in [0, 0.05) is 17.7 Å². The Kier molecular flexibility index (Phi) is 3.73. The van der Waals surface area contributed by atoms with E-state index in [4.69, 9.17) is 27.9 Å². The molecule has 1 aliphatic rings. The molecule has 0 aliphatic carbocycles. The highest BCUT2D eigenvalue weighted by molar-refractivity contribution is 6.35. The number of rotatable bonds is 2. The molecule has 1 fully saturated rings. The molecule has 2 rings (SSSR count). The fourth-order valence-corrected chi connectivity index (χ4v) is 2.03. The van der Waals surface area contributed by atoms with Crippen molar-refractivity contribution in [1.82, 2.24) is 0 Å². The second kappa shape index (κ2) is 5.06. The van der Waals surface area contributed by atoms with Crippen LogP contribution in [0.15, 0.2) is 18.2 Å². The Hall–Kier alpha value is -0.440. The van der Waals surface area contributed by atoms with Crippen molar-refractivity contribution in [2.24, 2.45) is 0 Å². The summed E-state index contributed by atoms with van der Waals surface area (Å²) in [5, 5.41) is 4.74. The van der Waals surface area contributed by atoms with E-state index in [1.165, 1.54) is 0 Å². The average Bonchev–Trinajstić information content (AvgIpc) is 2.25. The van der Waals surface area contributed by atoms with Gasteiger partial charge in [0.05, 0.1) is 17.3 Å². The van der Waals surface area contributed by atoms with Gasteiger partial charge in [0.1, 0.15) is 0 Å². The number of hydrogen-bond acceptors (Lipinski definition) is 2. The van der Waals surface area contributed by atoms with Crippen LogP contribution in [0.4, 0.5) is 5.69 Å². The Morgan fingerprint density at radius 1 is 1.33 bits per heavy atom. The zero-order valence-electron chi connectivity index (χ0n) is 8.30. The smallest absolute Gasteiger partial charge is 0.0667 e. The summed E-state index contributed by atoms with van der Waals surface area (Å²) >= 11 is 12.0. The van der Waals surface area contributed by atoms with Crippen molar-refractivity contribution in [2.75, 3.05) is 18.5 Å². The summed E-state index contributed by atoms with van der Waals surface area (Å²) in [5.74, 6) is 0. The number of anilines is 1. The summed E-state index contributed by atoms with van der Waals surface area (Å²) in [5.41, 5.74) is 0.889. The topological polar surface area (TPSA) is 21.3 Å². The molecule has 2 nitrogen and oxygen atoms in total. The molecular formula is C11H13Cl2NO. The van der Waals surface area contributed by atoms with Crippen molar-refractivity contribution < 1.29 is 4.74 Å². The lowest BCUT2D eigenvalue weighted by Gasteiger charge is -2.24. The van der Waals surface area contributed by atoms with Crippen LogP contribution < -0.4 is 5.32 Å². The predicted molar refractivity (Wildman–Crippen MR) is 63.9 cm³/mol. The normalized spacial score (nSPS) is 21.3. The van der Waals surface area contributed by atoms with Gasteiger partial charge in [-0.1, -0.05) is 23.2 Å². The highest BCUT2D eigenvalue weighted by Crippen LogP contribution is 2.27. The molecule has 0 bridgehead atoms. The Morgan fingerprint density at radius 2 is 2.20 bits per heavy atom. The van der Waals surface area contributed by atoms with Crippen LogP contribution in [0.25, 0.3) is 0 Å². The lowest BCUT2D eigenvalue weighted by molar-refractivity contribution is 0.0876. The summed E-state index contributed by atoms with van der Waals surface area (Å²) in [4.78, 5) is 0. The van der Waals surface area contributed by atoms with Crippen LogP contribution >= 0.6 is 23.2 Å². The maximum atomic E-state index is 6.05. The van der Waals surface area contributed by atoms with Gasteiger partial charge in [-0.15, -0.1) is 0 Å². The first-order valence-corrected chi connectivity index (χ1v) is 5.80. The van der Waals surface area contributed by atoms with Gasteiger partial charge >= 0.3 is 0 Å². The largest absolute Gasteiger partial charge is 0.379 e. The number of halogens is 2. The van der Waals surface area contributed by atoms with Crippen molar-refractivity contribution in [3.63, 3.8) is 0 Å². The van der Waals surface area contributed by atoms with E-state index in [0.717, 1.165) is 31.7 Å². The molecule has 1 aliphatic heterocycles. The standard InChI is InChI=1S/C11H13Cl2NO/c12-8-3-4-10(13)11(6-8)14-9-2-1-5-15-7-9/h3-4,6,9,14H,1-2,5,7H2. The van der Waals surface area contributed by atoms with Crippen molar-refractivity contribution >= 4 is 28.9 Å². The van der Waals surface area contributed by atoms with E-state index in [1.54, 1.807) is 12.1 Å². The van der Waals surface area contributed by atoms with Gasteiger partial charge in [-0.05, 0) is 31.0 Å². The fraction of sp³-hybridized carbons (Fsp3) is 0.455. The van der Waals surface area contributed by atoms with Gasteiger partial charge in [0.2, 0.25) is 0 Å². The van der Waals surface area contributed by atoms with Crippen molar-refractivity contribution in [2.45, 2.75) is 18.9 Å². The molecule has 1 N–H and O–H groups in total. The first kappa shape index (κ1) is 11.1. The molecule has 0 spiro atoms. The van der Waals surface area contributed by atoms with Crippen LogP contribution in [0.1, 0.15) is 12.8 Å². The predicted octanol–water partition coefficient (Wildman–Crippen LogP) is 3.58. The zero-order valence-corrected chi connectivity index (χ0v) is 9.81. The molecule has 0 radical (unpaired) electrons. The second-order valence-corrected chi connectivity index (χ2v) is 4.53. The van der Waals surface area contributed by atoms with Gasteiger partial charge in [-0.3, -0.25) is 0 Å². The monoisotopic (exact) mass is 245 g/mol.